The van der Waals surface area contributed by atoms with Gasteiger partial charge < -0.3 is 19.3 Å². The number of hydrogen-bond donors (Lipinski definition) is 1. The molecule has 0 aliphatic carbocycles. The van der Waals surface area contributed by atoms with E-state index in [1.165, 1.54) is 11.1 Å². The van der Waals surface area contributed by atoms with E-state index < -0.39 is 6.10 Å². The highest BCUT2D eigenvalue weighted by Crippen LogP contribution is 2.17. The average Bonchev–Trinajstić information content (AvgIpc) is 2.66. The summed E-state index contributed by atoms with van der Waals surface area (Å²) in [7, 11) is 3.32. The van der Waals surface area contributed by atoms with Crippen molar-refractivity contribution in [1.29, 1.82) is 0 Å². The number of nitrogens with zero attached hydrogens (tertiary/aromatic N) is 1. The van der Waals surface area contributed by atoms with Crippen molar-refractivity contribution in [2.45, 2.75) is 19.6 Å². The van der Waals surface area contributed by atoms with Gasteiger partial charge in [-0.1, -0.05) is 24.3 Å². The second-order valence-corrected chi connectivity index (χ2v) is 6.29. The van der Waals surface area contributed by atoms with Gasteiger partial charge in [0.05, 0.1) is 13.7 Å². The van der Waals surface area contributed by atoms with Crippen molar-refractivity contribution >= 4 is 0 Å². The van der Waals surface area contributed by atoms with E-state index in [0.29, 0.717) is 18.9 Å². The second-order valence-electron chi connectivity index (χ2n) is 6.29. The van der Waals surface area contributed by atoms with Crippen LogP contribution in [0.4, 0.5) is 0 Å². The minimum atomic E-state index is -0.585. The predicted octanol–water partition coefficient (Wildman–Crippen LogP) is 2.89. The van der Waals surface area contributed by atoms with Gasteiger partial charge in [0.2, 0.25) is 0 Å². The third-order valence-electron chi connectivity index (χ3n) is 4.24. The molecule has 0 bridgehead atoms. The molecule has 2 aromatic carbocycles. The molecule has 0 aliphatic heterocycles. The molecule has 0 saturated heterocycles. The maximum absolute atomic E-state index is 10.4. The number of aryl methyl sites for hydroxylation is 1. The van der Waals surface area contributed by atoms with Gasteiger partial charge in [-0.25, -0.2) is 0 Å². The molecule has 0 saturated carbocycles. The van der Waals surface area contributed by atoms with Crippen LogP contribution in [0.3, 0.4) is 0 Å². The highest BCUT2D eigenvalue weighted by molar-refractivity contribution is 5.31. The van der Waals surface area contributed by atoms with Crippen LogP contribution in [0.15, 0.2) is 48.5 Å². The highest BCUT2D eigenvalue weighted by atomic mass is 16.5. The minimum absolute atomic E-state index is 0.240. The maximum atomic E-state index is 10.4. The molecule has 0 heterocycles. The van der Waals surface area contributed by atoms with Gasteiger partial charge in [-0.3, -0.25) is 4.90 Å². The molecule has 0 radical (unpaired) electrons. The Kier molecular flexibility index (Phi) is 8.41. The van der Waals surface area contributed by atoms with E-state index >= 15 is 0 Å². The Morgan fingerprint density at radius 1 is 1.00 bits per heavy atom. The average molecular weight is 359 g/mol. The lowest BCUT2D eigenvalue weighted by atomic mass is 10.1. The van der Waals surface area contributed by atoms with Crippen LogP contribution in [-0.2, 0) is 11.3 Å². The van der Waals surface area contributed by atoms with Gasteiger partial charge in [0.25, 0.3) is 0 Å². The summed E-state index contributed by atoms with van der Waals surface area (Å²) < 4.78 is 16.0. The van der Waals surface area contributed by atoms with Crippen LogP contribution in [-0.4, -0.2) is 56.6 Å². The number of hydrogen-bond acceptors (Lipinski definition) is 5. The lowest BCUT2D eigenvalue weighted by molar-refractivity contribution is 0.0541. The summed E-state index contributed by atoms with van der Waals surface area (Å²) in [5.74, 6) is 1.49. The third kappa shape index (κ3) is 6.67. The standard InChI is InChI=1S/C21H29NO4/c1-17-6-4-5-7-18(17)14-22(12-13-24-2)15-19(23)16-26-21-10-8-20(25-3)9-11-21/h4-11,19,23H,12-16H2,1-3H3/t19-/m1/s1. The number of rotatable bonds is 11. The Hall–Kier alpha value is -2.08. The van der Waals surface area contributed by atoms with E-state index in [0.717, 1.165) is 18.8 Å². The first kappa shape index (κ1) is 20.2. The lowest BCUT2D eigenvalue weighted by Gasteiger charge is -2.25. The van der Waals surface area contributed by atoms with Gasteiger partial charge in [0.15, 0.2) is 0 Å². The van der Waals surface area contributed by atoms with Crippen molar-refractivity contribution in [3.8, 4) is 11.5 Å². The molecule has 0 amide bonds. The van der Waals surface area contributed by atoms with Crippen molar-refractivity contribution in [3.63, 3.8) is 0 Å². The summed E-state index contributed by atoms with van der Waals surface area (Å²) in [5.41, 5.74) is 2.51. The maximum Gasteiger partial charge on any atom is 0.119 e. The van der Waals surface area contributed by atoms with Crippen molar-refractivity contribution in [1.82, 2.24) is 4.90 Å². The molecule has 0 unspecified atom stereocenters. The second kappa shape index (κ2) is 10.8. The predicted molar refractivity (Wildman–Crippen MR) is 103 cm³/mol. The summed E-state index contributed by atoms with van der Waals surface area (Å²) in [5, 5.41) is 10.4. The molecule has 0 aliphatic rings. The molecule has 5 heteroatoms. The minimum Gasteiger partial charge on any atom is -0.497 e. The molecular weight excluding hydrogens is 330 g/mol. The fraction of sp³-hybridized carbons (Fsp3) is 0.429. The molecule has 1 atom stereocenters. The Labute approximate surface area is 156 Å². The van der Waals surface area contributed by atoms with Crippen molar-refractivity contribution in [3.05, 3.63) is 59.7 Å². The number of methoxy groups -OCH3 is 2. The highest BCUT2D eigenvalue weighted by Gasteiger charge is 2.14. The number of aliphatic hydroxyl groups excluding tert-OH is 1. The third-order valence-corrected chi connectivity index (χ3v) is 4.24. The van der Waals surface area contributed by atoms with E-state index in [1.807, 2.05) is 36.4 Å². The van der Waals surface area contributed by atoms with Crippen molar-refractivity contribution < 1.29 is 19.3 Å². The molecule has 0 fully saturated rings. The van der Waals surface area contributed by atoms with Crippen LogP contribution in [0.2, 0.25) is 0 Å². The first-order valence-electron chi connectivity index (χ1n) is 8.83. The zero-order valence-corrected chi connectivity index (χ0v) is 15.9. The SMILES string of the molecule is COCCN(Cc1ccccc1C)C[C@@H](O)COc1ccc(OC)cc1. The summed E-state index contributed by atoms with van der Waals surface area (Å²) in [6.07, 6.45) is -0.585. The molecule has 142 valence electrons. The first-order valence-corrected chi connectivity index (χ1v) is 8.83. The quantitative estimate of drug-likeness (QED) is 0.669. The molecular formula is C21H29NO4. The fourth-order valence-corrected chi connectivity index (χ4v) is 2.70. The van der Waals surface area contributed by atoms with E-state index in [2.05, 4.69) is 24.0 Å². The monoisotopic (exact) mass is 359 g/mol. The summed E-state index contributed by atoms with van der Waals surface area (Å²) in [6.45, 7) is 5.02. The zero-order chi connectivity index (χ0) is 18.8. The van der Waals surface area contributed by atoms with Gasteiger partial charge in [0, 0.05) is 26.7 Å². The van der Waals surface area contributed by atoms with Gasteiger partial charge in [-0.2, -0.15) is 0 Å². The molecule has 1 N–H and O–H groups in total. The first-order chi connectivity index (χ1) is 12.6. The summed E-state index contributed by atoms with van der Waals surface area (Å²) in [4.78, 5) is 2.19. The van der Waals surface area contributed by atoms with Crippen LogP contribution in [0.5, 0.6) is 11.5 Å². The van der Waals surface area contributed by atoms with Crippen LogP contribution in [0, 0.1) is 6.92 Å². The van der Waals surface area contributed by atoms with Crippen LogP contribution >= 0.6 is 0 Å². The molecule has 0 aromatic heterocycles. The van der Waals surface area contributed by atoms with Gasteiger partial charge in [-0.15, -0.1) is 0 Å². The largest absolute Gasteiger partial charge is 0.497 e. The number of ether oxygens (including phenoxy) is 3. The van der Waals surface area contributed by atoms with Gasteiger partial charge in [0.1, 0.15) is 24.2 Å². The van der Waals surface area contributed by atoms with Crippen LogP contribution in [0.25, 0.3) is 0 Å². The fourth-order valence-electron chi connectivity index (χ4n) is 2.70. The lowest BCUT2D eigenvalue weighted by Crippen LogP contribution is -2.37. The Morgan fingerprint density at radius 2 is 1.69 bits per heavy atom. The number of benzene rings is 2. The molecule has 2 rings (SSSR count). The normalized spacial score (nSPS) is 12.2. The topological polar surface area (TPSA) is 51.2 Å². The van der Waals surface area contributed by atoms with E-state index in [4.69, 9.17) is 14.2 Å². The molecule has 2 aromatic rings. The molecule has 26 heavy (non-hydrogen) atoms. The Bertz CT molecular complexity index is 645. The van der Waals surface area contributed by atoms with Crippen LogP contribution < -0.4 is 9.47 Å². The smallest absolute Gasteiger partial charge is 0.119 e. The molecule has 0 spiro atoms. The van der Waals surface area contributed by atoms with Crippen LogP contribution in [0.1, 0.15) is 11.1 Å². The molecule has 5 nitrogen and oxygen atoms in total. The van der Waals surface area contributed by atoms with E-state index in [9.17, 15) is 5.11 Å². The summed E-state index contributed by atoms with van der Waals surface area (Å²) in [6, 6.07) is 15.6. The van der Waals surface area contributed by atoms with Gasteiger partial charge >= 0.3 is 0 Å². The van der Waals surface area contributed by atoms with E-state index in [1.54, 1.807) is 14.2 Å². The van der Waals surface area contributed by atoms with Crippen molar-refractivity contribution in [2.24, 2.45) is 0 Å². The number of aliphatic hydroxyl groups is 1. The van der Waals surface area contributed by atoms with Gasteiger partial charge in [-0.05, 0) is 42.3 Å². The Morgan fingerprint density at radius 3 is 2.35 bits per heavy atom. The summed E-state index contributed by atoms with van der Waals surface area (Å²) >= 11 is 0. The van der Waals surface area contributed by atoms with E-state index in [-0.39, 0.29) is 6.61 Å². The van der Waals surface area contributed by atoms with Crippen molar-refractivity contribution in [2.75, 3.05) is 40.5 Å². The Balaban J connectivity index is 1.88. The zero-order valence-electron chi connectivity index (χ0n) is 15.9.